The summed E-state index contributed by atoms with van der Waals surface area (Å²) in [5.74, 6) is 0. The lowest BCUT2D eigenvalue weighted by atomic mass is 10.2. The van der Waals surface area contributed by atoms with Crippen LogP contribution in [-0.2, 0) is 13.0 Å². The van der Waals surface area contributed by atoms with Gasteiger partial charge in [0.1, 0.15) is 0 Å². The van der Waals surface area contributed by atoms with Crippen molar-refractivity contribution in [3.8, 4) is 0 Å². The van der Waals surface area contributed by atoms with Gasteiger partial charge >= 0.3 is 0 Å². The predicted octanol–water partition coefficient (Wildman–Crippen LogP) is 3.73. The Hall–Kier alpha value is -2.20. The van der Waals surface area contributed by atoms with Crippen molar-refractivity contribution in [2.24, 2.45) is 4.99 Å². The number of para-hydroxylation sites is 1. The lowest BCUT2D eigenvalue weighted by molar-refractivity contribution is 0.650. The van der Waals surface area contributed by atoms with Crippen molar-refractivity contribution >= 4 is 17.0 Å². The minimum Gasteiger partial charge on any atom is -0.321 e. The largest absolute Gasteiger partial charge is 0.321 e. The first-order valence-electron chi connectivity index (χ1n) is 6.97. The van der Waals surface area contributed by atoms with Crippen LogP contribution < -0.4 is 4.80 Å². The Morgan fingerprint density at radius 2 is 1.90 bits per heavy atom. The van der Waals surface area contributed by atoms with E-state index in [9.17, 15) is 0 Å². The van der Waals surface area contributed by atoms with Gasteiger partial charge in [-0.1, -0.05) is 24.3 Å². The summed E-state index contributed by atoms with van der Waals surface area (Å²) in [5, 5.41) is 2.15. The molecule has 0 N–H and O–H groups in total. The second-order valence-corrected chi connectivity index (χ2v) is 5.67. The molecule has 2 aromatic heterocycles. The molecule has 0 aliphatic carbocycles. The number of pyridine rings is 1. The molecular formula is C17H17N3S. The SMILES string of the molecule is Cc1csc(=Nc2ccccc2)n1CCc1ccccn1. The average Bonchev–Trinajstić information content (AvgIpc) is 2.87. The zero-order valence-electron chi connectivity index (χ0n) is 11.9. The van der Waals surface area contributed by atoms with Gasteiger partial charge in [0.2, 0.25) is 0 Å². The number of benzene rings is 1. The molecule has 4 heteroatoms. The fourth-order valence-corrected chi connectivity index (χ4v) is 3.08. The summed E-state index contributed by atoms with van der Waals surface area (Å²) in [6.07, 6.45) is 2.76. The summed E-state index contributed by atoms with van der Waals surface area (Å²) in [7, 11) is 0. The van der Waals surface area contributed by atoms with Crippen LogP contribution in [0.1, 0.15) is 11.4 Å². The Bertz CT molecular complexity index is 757. The summed E-state index contributed by atoms with van der Waals surface area (Å²) in [4.78, 5) is 10.2. The normalized spacial score (nSPS) is 11.8. The number of thiazole rings is 1. The third-order valence-corrected chi connectivity index (χ3v) is 4.27. The monoisotopic (exact) mass is 295 g/mol. The van der Waals surface area contributed by atoms with E-state index in [1.165, 1.54) is 5.69 Å². The highest BCUT2D eigenvalue weighted by Crippen LogP contribution is 2.10. The second kappa shape index (κ2) is 6.50. The molecule has 0 bridgehead atoms. The highest BCUT2D eigenvalue weighted by Gasteiger charge is 2.02. The number of rotatable bonds is 4. The summed E-state index contributed by atoms with van der Waals surface area (Å²) in [6.45, 7) is 3.02. The van der Waals surface area contributed by atoms with Crippen LogP contribution in [0.25, 0.3) is 0 Å². The van der Waals surface area contributed by atoms with Gasteiger partial charge in [-0.15, -0.1) is 11.3 Å². The van der Waals surface area contributed by atoms with Crippen LogP contribution in [0.3, 0.4) is 0 Å². The van der Waals surface area contributed by atoms with E-state index < -0.39 is 0 Å². The van der Waals surface area contributed by atoms with Crippen molar-refractivity contribution < 1.29 is 0 Å². The van der Waals surface area contributed by atoms with Gasteiger partial charge in [-0.25, -0.2) is 4.99 Å². The van der Waals surface area contributed by atoms with E-state index in [0.717, 1.165) is 29.1 Å². The molecule has 0 radical (unpaired) electrons. The van der Waals surface area contributed by atoms with Gasteiger partial charge < -0.3 is 4.57 Å². The van der Waals surface area contributed by atoms with E-state index >= 15 is 0 Å². The molecule has 1 aromatic carbocycles. The van der Waals surface area contributed by atoms with Crippen LogP contribution >= 0.6 is 11.3 Å². The van der Waals surface area contributed by atoms with E-state index in [4.69, 9.17) is 4.99 Å². The molecule has 0 saturated carbocycles. The first-order valence-corrected chi connectivity index (χ1v) is 7.85. The van der Waals surface area contributed by atoms with Gasteiger partial charge in [0.05, 0.1) is 5.69 Å². The highest BCUT2D eigenvalue weighted by atomic mass is 32.1. The molecular weight excluding hydrogens is 278 g/mol. The summed E-state index contributed by atoms with van der Waals surface area (Å²) < 4.78 is 2.26. The van der Waals surface area contributed by atoms with Gasteiger partial charge in [0.25, 0.3) is 0 Å². The Morgan fingerprint density at radius 3 is 2.67 bits per heavy atom. The van der Waals surface area contributed by atoms with E-state index in [0.29, 0.717) is 0 Å². The van der Waals surface area contributed by atoms with Crippen molar-refractivity contribution in [1.82, 2.24) is 9.55 Å². The maximum atomic E-state index is 4.74. The van der Waals surface area contributed by atoms with Crippen molar-refractivity contribution in [3.05, 3.63) is 76.3 Å². The highest BCUT2D eigenvalue weighted by molar-refractivity contribution is 7.07. The van der Waals surface area contributed by atoms with Crippen LogP contribution in [0, 0.1) is 6.92 Å². The number of hydrogen-bond donors (Lipinski definition) is 0. The first kappa shape index (κ1) is 13.8. The van der Waals surface area contributed by atoms with Crippen molar-refractivity contribution in [2.75, 3.05) is 0 Å². The molecule has 0 aliphatic heterocycles. The van der Waals surface area contributed by atoms with Crippen molar-refractivity contribution in [1.29, 1.82) is 0 Å². The Morgan fingerprint density at radius 1 is 1.10 bits per heavy atom. The van der Waals surface area contributed by atoms with Crippen molar-refractivity contribution in [2.45, 2.75) is 19.9 Å². The minimum atomic E-state index is 0.901. The van der Waals surface area contributed by atoms with Crippen LogP contribution in [-0.4, -0.2) is 9.55 Å². The molecule has 3 rings (SSSR count). The van der Waals surface area contributed by atoms with Gasteiger partial charge in [0, 0.05) is 35.9 Å². The summed E-state index contributed by atoms with van der Waals surface area (Å²) in [5.41, 5.74) is 3.35. The fourth-order valence-electron chi connectivity index (χ4n) is 2.16. The van der Waals surface area contributed by atoms with E-state index in [-0.39, 0.29) is 0 Å². The molecule has 0 spiro atoms. The molecule has 21 heavy (non-hydrogen) atoms. The number of aromatic nitrogens is 2. The molecule has 0 amide bonds. The molecule has 0 atom stereocenters. The number of aryl methyl sites for hydroxylation is 2. The van der Waals surface area contributed by atoms with Crippen molar-refractivity contribution in [3.63, 3.8) is 0 Å². The van der Waals surface area contributed by atoms with Crippen LogP contribution in [0.2, 0.25) is 0 Å². The molecule has 0 fully saturated rings. The third kappa shape index (κ3) is 3.47. The molecule has 0 saturated heterocycles. The summed E-state index contributed by atoms with van der Waals surface area (Å²) in [6, 6.07) is 16.1. The molecule has 106 valence electrons. The first-order chi connectivity index (χ1) is 10.3. The van der Waals surface area contributed by atoms with Crippen LogP contribution in [0.15, 0.2) is 65.1 Å². The predicted molar refractivity (Wildman–Crippen MR) is 86.7 cm³/mol. The third-order valence-electron chi connectivity index (χ3n) is 3.29. The fraction of sp³-hybridized carbons (Fsp3) is 0.176. The lowest BCUT2D eigenvalue weighted by Crippen LogP contribution is -2.17. The number of nitrogens with zero attached hydrogens (tertiary/aromatic N) is 3. The zero-order valence-corrected chi connectivity index (χ0v) is 12.8. The maximum absolute atomic E-state index is 4.74. The standard InChI is InChI=1S/C17H17N3S/c1-14-13-21-17(19-16-8-3-2-4-9-16)20(14)12-10-15-7-5-6-11-18-15/h2-9,11,13H,10,12H2,1H3. The Balaban J connectivity index is 1.86. The lowest BCUT2D eigenvalue weighted by Gasteiger charge is -2.05. The average molecular weight is 295 g/mol. The van der Waals surface area contributed by atoms with Gasteiger partial charge in [-0.2, -0.15) is 0 Å². The van der Waals surface area contributed by atoms with E-state index in [1.54, 1.807) is 11.3 Å². The van der Waals surface area contributed by atoms with Gasteiger partial charge in [-0.05, 0) is 31.2 Å². The minimum absolute atomic E-state index is 0.901. The Labute approximate surface area is 128 Å². The van der Waals surface area contributed by atoms with Gasteiger partial charge in [0.15, 0.2) is 4.80 Å². The summed E-state index contributed by atoms with van der Waals surface area (Å²) >= 11 is 1.68. The topological polar surface area (TPSA) is 30.2 Å². The maximum Gasteiger partial charge on any atom is 0.190 e. The second-order valence-electron chi connectivity index (χ2n) is 4.83. The zero-order chi connectivity index (χ0) is 14.5. The molecule has 3 nitrogen and oxygen atoms in total. The molecule has 2 heterocycles. The number of hydrogen-bond acceptors (Lipinski definition) is 3. The van der Waals surface area contributed by atoms with E-state index in [2.05, 4.69) is 27.9 Å². The van der Waals surface area contributed by atoms with Gasteiger partial charge in [-0.3, -0.25) is 4.98 Å². The molecule has 3 aromatic rings. The molecule has 0 aliphatic rings. The quantitative estimate of drug-likeness (QED) is 0.721. The van der Waals surface area contributed by atoms with E-state index in [1.807, 2.05) is 48.7 Å². The molecule has 0 unspecified atom stereocenters. The smallest absolute Gasteiger partial charge is 0.190 e. The Kier molecular flexibility index (Phi) is 4.26. The van der Waals surface area contributed by atoms with Crippen LogP contribution in [0.4, 0.5) is 5.69 Å². The van der Waals surface area contributed by atoms with Crippen LogP contribution in [0.5, 0.6) is 0 Å².